The van der Waals surface area contributed by atoms with Crippen LogP contribution in [-0.2, 0) is 28.7 Å². The van der Waals surface area contributed by atoms with Gasteiger partial charge in [0.25, 0.3) is 0 Å². The Labute approximate surface area is 307 Å². The third-order valence-electron chi connectivity index (χ3n) is 11.5. The number of carbonyl (C=O) groups excluding carboxylic acids is 4. The number of aliphatic carboxylic acids is 1. The van der Waals surface area contributed by atoms with Gasteiger partial charge in [0.15, 0.2) is 0 Å². The summed E-state index contributed by atoms with van der Waals surface area (Å²) in [5, 5.41) is 17.7. The van der Waals surface area contributed by atoms with Crippen molar-refractivity contribution in [2.24, 2.45) is 11.8 Å². The molecule has 292 valence electrons. The number of carboxylic acid groups (broad SMARTS) is 1. The first-order valence-electron chi connectivity index (χ1n) is 19.4. The molecular weight excluding hydrogens is 670 g/mol. The van der Waals surface area contributed by atoms with E-state index in [1.807, 2.05) is 30.9 Å². The van der Waals surface area contributed by atoms with E-state index in [0.29, 0.717) is 25.9 Å². The molecule has 4 amide bonds. The average molecular weight is 732 g/mol. The van der Waals surface area contributed by atoms with E-state index < -0.39 is 59.2 Å². The van der Waals surface area contributed by atoms with Crippen LogP contribution in [0, 0.1) is 11.8 Å². The van der Waals surface area contributed by atoms with Crippen molar-refractivity contribution < 1.29 is 38.6 Å². The number of methoxy groups -OCH3 is 1. The third-order valence-corrected chi connectivity index (χ3v) is 11.5. The van der Waals surface area contributed by atoms with Crippen LogP contribution in [0.5, 0.6) is 0 Å². The summed E-state index contributed by atoms with van der Waals surface area (Å²) in [5.41, 5.74) is 4.82. The third kappa shape index (κ3) is 9.08. The highest BCUT2D eigenvalue weighted by Gasteiger charge is 2.61. The molecule has 5 rings (SSSR count). The lowest BCUT2D eigenvalue weighted by molar-refractivity contribution is -0.145. The number of nitrogens with zero attached hydrogens (tertiary/aromatic N) is 3. The summed E-state index contributed by atoms with van der Waals surface area (Å²) in [4.78, 5) is 71.4. The van der Waals surface area contributed by atoms with Crippen molar-refractivity contribution in [1.29, 1.82) is 0 Å². The molecule has 3 aliphatic heterocycles. The molecule has 2 saturated carbocycles. The number of ether oxygens (including phenoxy) is 2. The zero-order valence-electron chi connectivity index (χ0n) is 31.8. The summed E-state index contributed by atoms with van der Waals surface area (Å²) in [6, 6.07) is -3.17. The molecule has 7 atom stereocenters. The van der Waals surface area contributed by atoms with Crippen molar-refractivity contribution in [2.45, 2.75) is 153 Å². The van der Waals surface area contributed by atoms with Gasteiger partial charge >= 0.3 is 12.1 Å². The number of allylic oxidation sites excluding steroid dienone is 1. The molecule has 3 heterocycles. The Morgan fingerprint density at radius 3 is 2.38 bits per heavy atom. The Balaban J connectivity index is 1.43. The summed E-state index contributed by atoms with van der Waals surface area (Å²) in [6.45, 7) is 10.4. The monoisotopic (exact) mass is 731 g/mol. The standard InChI is InChI=1S/C37H61N7O8/c1-7-42(8-2)33(47)30-29(23-16-18-26(51-6)19-17-23)40-44(41-30)25-20-28-31(45)39-37(34(48)49)21-24(37)14-12-10-9-11-13-15-27(32(46)43(28)22-25)38-35(50)52-36(3,4)5/h12,14,23-30,40-41H,7-11,13,15-22H2,1-6H3,(H,38,50)(H,39,45)(H,48,49)/b14-12-/t23?,24-,25+,26?,27-,28+,29?,30?,37+/m1/s1. The number of rotatable bonds is 8. The van der Waals surface area contributed by atoms with Crippen molar-refractivity contribution in [3.63, 3.8) is 0 Å². The maximum atomic E-state index is 14.5. The molecule has 0 aromatic rings. The Bertz CT molecular complexity index is 1340. The summed E-state index contributed by atoms with van der Waals surface area (Å²) in [5.74, 6) is -2.25. The van der Waals surface area contributed by atoms with Crippen LogP contribution in [0.4, 0.5) is 4.79 Å². The topological polar surface area (TPSA) is 182 Å². The number of carboxylic acids is 1. The van der Waals surface area contributed by atoms with Gasteiger partial charge in [-0.1, -0.05) is 25.0 Å². The van der Waals surface area contributed by atoms with Gasteiger partial charge in [-0.25, -0.2) is 20.4 Å². The zero-order chi connectivity index (χ0) is 37.8. The van der Waals surface area contributed by atoms with Crippen LogP contribution >= 0.6 is 0 Å². The van der Waals surface area contributed by atoms with Gasteiger partial charge in [-0.2, -0.15) is 5.12 Å². The van der Waals surface area contributed by atoms with Crippen molar-refractivity contribution in [3.05, 3.63) is 12.2 Å². The number of fused-ring (bicyclic) bond motifs is 2. The van der Waals surface area contributed by atoms with Gasteiger partial charge in [-0.3, -0.25) is 14.4 Å². The van der Waals surface area contributed by atoms with Crippen LogP contribution in [-0.4, -0.2) is 124 Å². The maximum Gasteiger partial charge on any atom is 0.408 e. The SMILES string of the molecule is CCN(CC)C(=O)C1NN([C@H]2C[C@H]3C(=O)N[C@@]4(C(=O)O)C[C@H]4/C=C\CCCCC[C@@H](NC(=O)OC(C)(C)C)C(=O)N3C2)NC1C1CCC(OC)CC1. The molecule has 0 bridgehead atoms. The highest BCUT2D eigenvalue weighted by atomic mass is 16.6. The highest BCUT2D eigenvalue weighted by Crippen LogP contribution is 2.45. The molecule has 2 unspecified atom stereocenters. The Morgan fingerprint density at radius 1 is 1.04 bits per heavy atom. The van der Waals surface area contributed by atoms with Crippen LogP contribution < -0.4 is 21.5 Å². The summed E-state index contributed by atoms with van der Waals surface area (Å²) in [6.07, 6.45) is 10.8. The minimum atomic E-state index is -1.44. The number of amides is 4. The second-order valence-electron chi connectivity index (χ2n) is 16.2. The van der Waals surface area contributed by atoms with Crippen LogP contribution in [0.15, 0.2) is 12.2 Å². The van der Waals surface area contributed by atoms with Crippen LogP contribution in [0.2, 0.25) is 0 Å². The number of likely N-dealkylation sites (N-methyl/N-ethyl adjacent to an activating group) is 1. The number of hydrazine groups is 2. The van der Waals surface area contributed by atoms with E-state index in [2.05, 4.69) is 21.5 Å². The van der Waals surface area contributed by atoms with Crippen molar-refractivity contribution in [2.75, 3.05) is 26.7 Å². The van der Waals surface area contributed by atoms with E-state index in [-0.39, 0.29) is 49.3 Å². The minimum absolute atomic E-state index is 0.0154. The molecule has 0 radical (unpaired) electrons. The summed E-state index contributed by atoms with van der Waals surface area (Å²) in [7, 11) is 1.73. The van der Waals surface area contributed by atoms with Gasteiger partial charge in [0.2, 0.25) is 17.7 Å². The Kier molecular flexibility index (Phi) is 12.9. The van der Waals surface area contributed by atoms with Crippen molar-refractivity contribution in [1.82, 2.24) is 36.4 Å². The molecule has 0 aromatic heterocycles. The fraction of sp³-hybridized carbons (Fsp3) is 0.811. The van der Waals surface area contributed by atoms with E-state index in [4.69, 9.17) is 9.47 Å². The molecule has 52 heavy (non-hydrogen) atoms. The van der Waals surface area contributed by atoms with E-state index in [1.54, 1.807) is 33.0 Å². The molecule has 15 heteroatoms. The summed E-state index contributed by atoms with van der Waals surface area (Å²) < 4.78 is 11.1. The summed E-state index contributed by atoms with van der Waals surface area (Å²) >= 11 is 0. The molecule has 0 spiro atoms. The lowest BCUT2D eigenvalue weighted by Crippen LogP contribution is -2.56. The van der Waals surface area contributed by atoms with Gasteiger partial charge in [0, 0.05) is 32.7 Å². The number of carbonyl (C=O) groups is 5. The van der Waals surface area contributed by atoms with Gasteiger partial charge in [-0.15, -0.1) is 0 Å². The van der Waals surface area contributed by atoms with Crippen molar-refractivity contribution in [3.8, 4) is 0 Å². The normalized spacial score (nSPS) is 35.3. The number of hydrogen-bond donors (Lipinski definition) is 5. The molecule has 5 aliphatic rings. The Morgan fingerprint density at radius 2 is 1.75 bits per heavy atom. The van der Waals surface area contributed by atoms with Gasteiger partial charge in [-0.05, 0) is 98.3 Å². The quantitative estimate of drug-likeness (QED) is 0.232. The number of alkyl carbamates (subject to hydrolysis) is 1. The van der Waals surface area contributed by atoms with E-state index >= 15 is 0 Å². The smallest absolute Gasteiger partial charge is 0.408 e. The van der Waals surface area contributed by atoms with Crippen LogP contribution in [0.25, 0.3) is 0 Å². The van der Waals surface area contributed by atoms with Gasteiger partial charge < -0.3 is 35.0 Å². The molecule has 15 nitrogen and oxygen atoms in total. The van der Waals surface area contributed by atoms with E-state index in [0.717, 1.165) is 44.9 Å². The van der Waals surface area contributed by atoms with E-state index in [9.17, 15) is 29.1 Å². The van der Waals surface area contributed by atoms with Crippen LogP contribution in [0.3, 0.4) is 0 Å². The average Bonchev–Trinajstić information content (AvgIpc) is 3.40. The van der Waals surface area contributed by atoms with Gasteiger partial charge in [0.05, 0.1) is 18.2 Å². The molecule has 4 fully saturated rings. The first-order chi connectivity index (χ1) is 24.7. The lowest BCUT2D eigenvalue weighted by atomic mass is 9.80. The second-order valence-corrected chi connectivity index (χ2v) is 16.2. The largest absolute Gasteiger partial charge is 0.479 e. The van der Waals surface area contributed by atoms with Crippen LogP contribution in [0.1, 0.15) is 105 Å². The minimum Gasteiger partial charge on any atom is -0.479 e. The molecule has 0 aromatic carbocycles. The second kappa shape index (κ2) is 16.8. The first-order valence-corrected chi connectivity index (χ1v) is 19.4. The first kappa shape index (κ1) is 39.9. The number of nitrogens with one attached hydrogen (secondary N) is 4. The van der Waals surface area contributed by atoms with Gasteiger partial charge in [0.1, 0.15) is 29.3 Å². The highest BCUT2D eigenvalue weighted by molar-refractivity contribution is 5.96. The fourth-order valence-electron chi connectivity index (χ4n) is 8.43. The van der Waals surface area contributed by atoms with Crippen molar-refractivity contribution >= 4 is 29.8 Å². The molecular formula is C37H61N7O8. The molecule has 5 N–H and O–H groups in total. The van der Waals surface area contributed by atoms with E-state index in [1.165, 1.54) is 4.90 Å². The predicted octanol–water partition coefficient (Wildman–Crippen LogP) is 2.46. The molecule has 2 aliphatic carbocycles. The Hall–Kier alpha value is -3.27. The fourth-order valence-corrected chi connectivity index (χ4v) is 8.43. The predicted molar refractivity (Wildman–Crippen MR) is 192 cm³/mol. The zero-order valence-corrected chi connectivity index (χ0v) is 31.8. The molecule has 2 saturated heterocycles. The lowest BCUT2D eigenvalue weighted by Gasteiger charge is -2.34. The maximum absolute atomic E-state index is 14.5. The number of hydrogen-bond acceptors (Lipinski definition) is 10.